The van der Waals surface area contributed by atoms with E-state index in [0.717, 1.165) is 28.8 Å². The largest absolute Gasteiger partial charge is 0.445 e. The monoisotopic (exact) mass is 1030 g/mol. The van der Waals surface area contributed by atoms with E-state index in [1.54, 1.807) is 33.7 Å². The number of aromatic amines is 1. The molecule has 9 N–H and O–H groups in total. The normalized spacial score (nSPS) is 14.5. The maximum Gasteiger partial charge on any atom is 0.410 e. The summed E-state index contributed by atoms with van der Waals surface area (Å²) in [5.74, 6) is -0.715. The molecule has 21 nitrogen and oxygen atoms in total. The quantitative estimate of drug-likeness (QED) is 0.0247. The van der Waals surface area contributed by atoms with Crippen LogP contribution in [0.3, 0.4) is 0 Å². The Labute approximate surface area is 435 Å². The first kappa shape index (κ1) is 54.8. The summed E-state index contributed by atoms with van der Waals surface area (Å²) in [7, 11) is 0. The molecule has 4 atom stereocenters. The lowest BCUT2D eigenvalue weighted by Crippen LogP contribution is -2.57. The van der Waals surface area contributed by atoms with Crippen molar-refractivity contribution in [1.29, 1.82) is 0 Å². The van der Waals surface area contributed by atoms with Crippen molar-refractivity contribution in [1.82, 2.24) is 55.3 Å². The molecule has 0 aliphatic carbocycles. The Morgan fingerprint density at radius 1 is 0.933 bits per heavy atom. The molecule has 0 bridgehead atoms. The van der Waals surface area contributed by atoms with Gasteiger partial charge in [-0.3, -0.25) is 29.6 Å². The van der Waals surface area contributed by atoms with Crippen molar-refractivity contribution in [2.45, 2.75) is 117 Å². The average Bonchev–Trinajstić information content (AvgIpc) is 4.13. The van der Waals surface area contributed by atoms with Gasteiger partial charge in [0.2, 0.25) is 17.7 Å². The van der Waals surface area contributed by atoms with E-state index in [0.29, 0.717) is 72.0 Å². The summed E-state index contributed by atoms with van der Waals surface area (Å²) >= 11 is 0. The van der Waals surface area contributed by atoms with Crippen LogP contribution in [-0.4, -0.2) is 117 Å². The van der Waals surface area contributed by atoms with Crippen molar-refractivity contribution in [3.63, 3.8) is 0 Å². The molecule has 6 aromatic rings. The van der Waals surface area contributed by atoms with Gasteiger partial charge in [0.1, 0.15) is 31.2 Å². The van der Waals surface area contributed by atoms with E-state index in [1.165, 1.54) is 23.4 Å². The number of hydrogen-bond acceptors (Lipinski definition) is 13. The highest BCUT2D eigenvalue weighted by atomic mass is 16.6. The Bertz CT molecular complexity index is 2940. The van der Waals surface area contributed by atoms with Gasteiger partial charge in [-0.2, -0.15) is 5.10 Å². The molecule has 0 radical (unpaired) electrons. The summed E-state index contributed by atoms with van der Waals surface area (Å²) in [4.78, 5) is 84.9. The molecule has 4 aromatic heterocycles. The molecule has 5 heterocycles. The molecular formula is C54H67N13O8. The molecule has 21 heteroatoms. The van der Waals surface area contributed by atoms with Crippen molar-refractivity contribution in [3.8, 4) is 22.6 Å². The molecular weight excluding hydrogens is 959 g/mol. The first-order valence-electron chi connectivity index (χ1n) is 25.3. The van der Waals surface area contributed by atoms with E-state index < -0.39 is 42.6 Å². The second-order valence-electron chi connectivity index (χ2n) is 18.8. The fourth-order valence-electron chi connectivity index (χ4n) is 8.78. The number of primary amides is 1. The lowest BCUT2D eigenvalue weighted by Gasteiger charge is -2.31. The number of pyridine rings is 2. The maximum absolute atomic E-state index is 14.2. The van der Waals surface area contributed by atoms with E-state index in [1.807, 2.05) is 81.6 Å². The van der Waals surface area contributed by atoms with Crippen LogP contribution < -0.4 is 27.0 Å². The number of nitrogens with zero attached hydrogens (tertiary/aromatic N) is 7. The van der Waals surface area contributed by atoms with Crippen LogP contribution in [0, 0.1) is 12.8 Å². The van der Waals surface area contributed by atoms with Crippen molar-refractivity contribution < 1.29 is 38.9 Å². The number of rotatable bonds is 26. The second-order valence-corrected chi connectivity index (χ2v) is 18.8. The van der Waals surface area contributed by atoms with E-state index >= 15 is 0 Å². The summed E-state index contributed by atoms with van der Waals surface area (Å²) in [6.07, 6.45) is 6.53. The summed E-state index contributed by atoms with van der Waals surface area (Å²) in [5.41, 5.74) is 12.7. The third kappa shape index (κ3) is 15.3. The highest BCUT2D eigenvalue weighted by molar-refractivity contribution is 5.95. The number of imidazole rings is 1. The molecule has 0 saturated heterocycles. The zero-order valence-electron chi connectivity index (χ0n) is 42.7. The predicted octanol–water partition coefficient (Wildman–Crippen LogP) is 5.47. The van der Waals surface area contributed by atoms with Gasteiger partial charge in [0.15, 0.2) is 5.65 Å². The molecule has 0 fully saturated rings. The molecule has 0 saturated carbocycles. The number of benzene rings is 2. The minimum Gasteiger partial charge on any atom is -0.445 e. The zero-order valence-corrected chi connectivity index (χ0v) is 42.7. The number of fused-ring (bicyclic) bond motifs is 1. The lowest BCUT2D eigenvalue weighted by molar-refractivity contribution is -0.131. The number of carbonyl (C=O) groups excluding carboxylic acids is 5. The summed E-state index contributed by atoms with van der Waals surface area (Å²) in [5, 5.41) is 37.0. The van der Waals surface area contributed by atoms with Gasteiger partial charge in [-0.1, -0.05) is 69.7 Å². The number of ether oxygens (including phenoxy) is 1. The summed E-state index contributed by atoms with van der Waals surface area (Å²) < 4.78 is 7.64. The molecule has 7 rings (SSSR count). The van der Waals surface area contributed by atoms with Crippen LogP contribution in [-0.2, 0) is 45.2 Å². The minimum absolute atomic E-state index is 0.0776. The molecule has 6 amide bonds. The number of urea groups is 1. The highest BCUT2D eigenvalue weighted by Gasteiger charge is 2.30. The van der Waals surface area contributed by atoms with Crippen LogP contribution in [0.2, 0.25) is 0 Å². The van der Waals surface area contributed by atoms with Gasteiger partial charge in [-0.15, -0.1) is 0 Å². The Morgan fingerprint density at radius 2 is 1.72 bits per heavy atom. The number of amides is 6. The van der Waals surface area contributed by atoms with Crippen molar-refractivity contribution in [2.75, 3.05) is 18.4 Å². The van der Waals surface area contributed by atoms with Gasteiger partial charge >= 0.3 is 12.1 Å². The van der Waals surface area contributed by atoms with Crippen molar-refractivity contribution >= 4 is 41.2 Å². The number of aliphatic hydroxyl groups excluding tert-OH is 2. The number of H-pyrrole nitrogens is 1. The second kappa shape index (κ2) is 26.3. The van der Waals surface area contributed by atoms with Crippen LogP contribution in [0.5, 0.6) is 0 Å². The fraction of sp³-hybridized carbons (Fsp3) is 0.389. The van der Waals surface area contributed by atoms with Crippen LogP contribution in [0.1, 0.15) is 87.5 Å². The number of aliphatic hydroxyl groups is 2. The van der Waals surface area contributed by atoms with Gasteiger partial charge in [-0.25, -0.2) is 24.1 Å². The van der Waals surface area contributed by atoms with Gasteiger partial charge < -0.3 is 46.5 Å². The molecule has 1 aliphatic heterocycles. The van der Waals surface area contributed by atoms with Crippen LogP contribution in [0.25, 0.3) is 28.3 Å². The number of aromatic nitrogens is 6. The molecule has 396 valence electrons. The third-order valence-corrected chi connectivity index (χ3v) is 12.8. The number of nitrogens with two attached hydrogens (primary N) is 1. The number of aryl methyl sites for hydroxylation is 2. The number of nitrogens with one attached hydrogen (secondary N) is 5. The van der Waals surface area contributed by atoms with Crippen molar-refractivity contribution in [3.05, 3.63) is 132 Å². The highest BCUT2D eigenvalue weighted by Crippen LogP contribution is 2.30. The summed E-state index contributed by atoms with van der Waals surface area (Å²) in [6, 6.07) is 21.9. The van der Waals surface area contributed by atoms with Crippen molar-refractivity contribution in [2.24, 2.45) is 11.7 Å². The van der Waals surface area contributed by atoms with Gasteiger partial charge in [0, 0.05) is 55.3 Å². The Balaban J connectivity index is 0.994. The van der Waals surface area contributed by atoms with E-state index in [9.17, 15) is 34.2 Å². The Morgan fingerprint density at radius 3 is 2.44 bits per heavy atom. The van der Waals surface area contributed by atoms with Crippen LogP contribution in [0.15, 0.2) is 104 Å². The van der Waals surface area contributed by atoms with E-state index in [4.69, 9.17) is 20.4 Å². The first-order valence-corrected chi connectivity index (χ1v) is 25.3. The average molecular weight is 1030 g/mol. The minimum atomic E-state index is -1.33. The predicted molar refractivity (Wildman–Crippen MR) is 281 cm³/mol. The molecule has 2 aromatic carbocycles. The number of hydrogen-bond donors (Lipinski definition) is 8. The third-order valence-electron chi connectivity index (χ3n) is 12.8. The van der Waals surface area contributed by atoms with Gasteiger partial charge in [0.05, 0.1) is 35.7 Å². The molecule has 4 unspecified atom stereocenters. The maximum atomic E-state index is 14.2. The SMILES string of the molecule is CCc1ccccc1CN(Cc1nc(-c2ccc3ncnn3c2)c(-c2cccc(C)n2)[nH]1)C(=O)OCc1ccc(NC(=O)C(CCCNC(N)=O)NC(O)C(NC(=O)CCCCCN2C(=O)C=CC2O)C(C)C)cc1. The lowest BCUT2D eigenvalue weighted by atomic mass is 10.0. The fourth-order valence-corrected chi connectivity index (χ4v) is 8.78. The molecule has 1 aliphatic rings. The number of unbranched alkanes of at least 4 members (excludes halogenated alkanes) is 2. The number of anilines is 1. The van der Waals surface area contributed by atoms with Gasteiger partial charge in [-0.05, 0) is 104 Å². The summed E-state index contributed by atoms with van der Waals surface area (Å²) in [6.45, 7) is 8.47. The zero-order chi connectivity index (χ0) is 53.4. The smallest absolute Gasteiger partial charge is 0.410 e. The van der Waals surface area contributed by atoms with Crippen LogP contribution >= 0.6 is 0 Å². The number of carbonyl (C=O) groups is 5. The van der Waals surface area contributed by atoms with Gasteiger partial charge in [0.25, 0.3) is 0 Å². The topological polar surface area (TPSA) is 287 Å². The molecule has 0 spiro atoms. The van der Waals surface area contributed by atoms with E-state index in [-0.39, 0.29) is 56.8 Å². The molecule has 75 heavy (non-hydrogen) atoms. The standard InChI is InChI=1S/C54H67N13O8/c1-5-37-14-8-9-15-38(37)29-65(31-43-62-49(39-21-24-44-57-33-58-67(44)30-39)50(63-43)41-16-11-13-35(4)59-41)54(74)75-32-36-19-22-40(23-20-36)60-51(71)42(17-12-27-56-53(55)73)61-52(72)48(34(2)3)64-45(68)18-7-6-10-28-66-46(69)25-26-47(66)70/h8-9,11,13-16,19-26,30,33-34,42,46,48,52,61,69,72H,5-7,10,12,17-18,27-29,31-32H2,1-4H3,(H,60,71)(H,62,63)(H,64,68)(H3,55,56,73). The Kier molecular flexibility index (Phi) is 19.2. The van der Waals surface area contributed by atoms with Crippen LogP contribution in [0.4, 0.5) is 15.3 Å². The Hall–Kier alpha value is -8.01. The van der Waals surface area contributed by atoms with E-state index in [2.05, 4.69) is 43.3 Å². The first-order chi connectivity index (χ1) is 36.1.